The van der Waals surface area contributed by atoms with Gasteiger partial charge in [0.15, 0.2) is 6.61 Å². The Bertz CT molecular complexity index is 1030. The molecule has 0 radical (unpaired) electrons. The molecule has 30 heavy (non-hydrogen) atoms. The average Bonchev–Trinajstić information content (AvgIpc) is 3.19. The molecule has 8 nitrogen and oxygen atoms in total. The first-order chi connectivity index (χ1) is 14.5. The Labute approximate surface area is 186 Å². The van der Waals surface area contributed by atoms with Crippen molar-refractivity contribution in [1.82, 2.24) is 10.2 Å². The number of ether oxygens (including phenoxy) is 3. The van der Waals surface area contributed by atoms with Crippen LogP contribution in [0.3, 0.4) is 0 Å². The summed E-state index contributed by atoms with van der Waals surface area (Å²) in [4.78, 5) is 12.3. The van der Waals surface area contributed by atoms with Crippen LogP contribution in [0.2, 0.25) is 10.0 Å². The number of hydrogen-bond acceptors (Lipinski definition) is 8. The van der Waals surface area contributed by atoms with Gasteiger partial charge in [-0.1, -0.05) is 35.0 Å². The third-order valence-electron chi connectivity index (χ3n) is 3.70. The lowest BCUT2D eigenvalue weighted by Gasteiger charge is -2.11. The predicted molar refractivity (Wildman–Crippen MR) is 114 cm³/mol. The molecule has 1 aromatic heterocycles. The SMILES string of the molecule is COc1ccc(OC)c(NC(=O)CSc2nnc(COc3ccc(Cl)cc3Cl)o2)c1. The van der Waals surface area contributed by atoms with Gasteiger partial charge < -0.3 is 23.9 Å². The van der Waals surface area contributed by atoms with Gasteiger partial charge in [-0.15, -0.1) is 10.2 Å². The number of nitrogens with one attached hydrogen (secondary N) is 1. The highest BCUT2D eigenvalue weighted by molar-refractivity contribution is 7.99. The smallest absolute Gasteiger partial charge is 0.277 e. The minimum absolute atomic E-state index is 0.0299. The Morgan fingerprint density at radius 3 is 2.63 bits per heavy atom. The van der Waals surface area contributed by atoms with Crippen molar-refractivity contribution in [3.05, 3.63) is 52.3 Å². The molecule has 2 aromatic carbocycles. The standard InChI is InChI=1S/C19H17Cl2N3O5S/c1-26-12-4-6-16(27-2)14(8-12)22-17(25)10-30-19-24-23-18(29-19)9-28-15-5-3-11(20)7-13(15)21/h3-8H,9-10H2,1-2H3,(H,22,25). The molecule has 0 spiro atoms. The van der Waals surface area contributed by atoms with Crippen LogP contribution in [0.25, 0.3) is 0 Å². The summed E-state index contributed by atoms with van der Waals surface area (Å²) in [6, 6.07) is 10.00. The van der Waals surface area contributed by atoms with Crippen molar-refractivity contribution < 1.29 is 23.4 Å². The van der Waals surface area contributed by atoms with Crippen LogP contribution in [-0.2, 0) is 11.4 Å². The minimum atomic E-state index is -0.268. The van der Waals surface area contributed by atoms with Gasteiger partial charge in [-0.2, -0.15) is 0 Å². The normalized spacial score (nSPS) is 10.5. The van der Waals surface area contributed by atoms with Crippen molar-refractivity contribution in [2.24, 2.45) is 0 Å². The van der Waals surface area contributed by atoms with Crippen LogP contribution in [0, 0.1) is 0 Å². The molecule has 3 rings (SSSR count). The Morgan fingerprint density at radius 1 is 1.10 bits per heavy atom. The number of nitrogens with zero attached hydrogens (tertiary/aromatic N) is 2. The van der Waals surface area contributed by atoms with Crippen molar-refractivity contribution >= 4 is 46.6 Å². The topological polar surface area (TPSA) is 95.7 Å². The van der Waals surface area contributed by atoms with E-state index in [0.717, 1.165) is 11.8 Å². The maximum absolute atomic E-state index is 12.3. The number of rotatable bonds is 9. The number of carbonyl (C=O) groups is 1. The zero-order valence-corrected chi connectivity index (χ0v) is 18.3. The Hall–Kier alpha value is -2.62. The lowest BCUT2D eigenvalue weighted by Crippen LogP contribution is -2.14. The zero-order valence-electron chi connectivity index (χ0n) is 16.0. The first-order valence-corrected chi connectivity index (χ1v) is 10.3. The summed E-state index contributed by atoms with van der Waals surface area (Å²) in [5, 5.41) is 11.7. The fourth-order valence-corrected chi connectivity index (χ4v) is 3.36. The lowest BCUT2D eigenvalue weighted by atomic mass is 10.2. The van der Waals surface area contributed by atoms with Gasteiger partial charge in [-0.3, -0.25) is 4.79 Å². The van der Waals surface area contributed by atoms with Gasteiger partial charge in [0.1, 0.15) is 17.2 Å². The largest absolute Gasteiger partial charge is 0.497 e. The predicted octanol–water partition coefficient (Wildman–Crippen LogP) is 4.70. The maximum atomic E-state index is 12.3. The van der Waals surface area contributed by atoms with Gasteiger partial charge in [0.05, 0.1) is 30.7 Å². The highest BCUT2D eigenvalue weighted by Gasteiger charge is 2.13. The number of hydrogen-bond donors (Lipinski definition) is 1. The monoisotopic (exact) mass is 469 g/mol. The van der Waals surface area contributed by atoms with Gasteiger partial charge >= 0.3 is 0 Å². The number of halogens is 2. The van der Waals surface area contributed by atoms with Crippen molar-refractivity contribution in [2.75, 3.05) is 25.3 Å². The van der Waals surface area contributed by atoms with Gasteiger partial charge in [-0.05, 0) is 30.3 Å². The molecule has 0 aliphatic heterocycles. The molecule has 0 saturated heterocycles. The first-order valence-electron chi connectivity index (χ1n) is 8.53. The lowest BCUT2D eigenvalue weighted by molar-refractivity contribution is -0.113. The summed E-state index contributed by atoms with van der Waals surface area (Å²) in [7, 11) is 3.06. The fraction of sp³-hybridized carbons (Fsp3) is 0.211. The molecule has 0 fully saturated rings. The van der Waals surface area contributed by atoms with E-state index in [1.807, 2.05) is 0 Å². The summed E-state index contributed by atoms with van der Waals surface area (Å²) >= 11 is 13.0. The second-order valence-corrected chi connectivity index (χ2v) is 7.50. The van der Waals surface area contributed by atoms with E-state index in [-0.39, 0.29) is 29.4 Å². The molecule has 11 heteroatoms. The Morgan fingerprint density at radius 2 is 1.90 bits per heavy atom. The van der Waals surface area contributed by atoms with E-state index in [4.69, 9.17) is 41.8 Å². The van der Waals surface area contributed by atoms with Crippen LogP contribution >= 0.6 is 35.0 Å². The molecule has 0 bridgehead atoms. The number of benzene rings is 2. The van der Waals surface area contributed by atoms with Crippen LogP contribution in [0.4, 0.5) is 5.69 Å². The van der Waals surface area contributed by atoms with Crippen LogP contribution < -0.4 is 19.5 Å². The number of thioether (sulfide) groups is 1. The van der Waals surface area contributed by atoms with E-state index in [9.17, 15) is 4.79 Å². The van der Waals surface area contributed by atoms with E-state index < -0.39 is 0 Å². The molecule has 0 aliphatic carbocycles. The molecule has 0 atom stereocenters. The van der Waals surface area contributed by atoms with Gasteiger partial charge in [0.2, 0.25) is 5.91 Å². The number of amides is 1. The Balaban J connectivity index is 1.52. The number of carbonyl (C=O) groups excluding carboxylic acids is 1. The molecule has 0 aliphatic rings. The average molecular weight is 470 g/mol. The fourth-order valence-electron chi connectivity index (χ4n) is 2.31. The molecule has 1 amide bonds. The van der Waals surface area contributed by atoms with Crippen LogP contribution in [0.15, 0.2) is 46.0 Å². The maximum Gasteiger partial charge on any atom is 0.277 e. The van der Waals surface area contributed by atoms with E-state index in [0.29, 0.717) is 33.0 Å². The summed E-state index contributed by atoms with van der Waals surface area (Å²) in [5.74, 6) is 1.61. The molecule has 0 unspecified atom stereocenters. The molecular weight excluding hydrogens is 453 g/mol. The minimum Gasteiger partial charge on any atom is -0.497 e. The molecular formula is C19H17Cl2N3O5S. The molecule has 3 aromatic rings. The third-order valence-corrected chi connectivity index (χ3v) is 5.05. The summed E-state index contributed by atoms with van der Waals surface area (Å²) in [6.07, 6.45) is 0. The number of anilines is 1. The molecule has 1 heterocycles. The van der Waals surface area contributed by atoms with Crippen LogP contribution in [0.1, 0.15) is 5.89 Å². The van der Waals surface area contributed by atoms with E-state index in [1.54, 1.807) is 43.5 Å². The number of aromatic nitrogens is 2. The summed E-state index contributed by atoms with van der Waals surface area (Å²) in [6.45, 7) is 0.0299. The van der Waals surface area contributed by atoms with Crippen LogP contribution in [0.5, 0.6) is 17.2 Å². The van der Waals surface area contributed by atoms with E-state index in [1.165, 1.54) is 7.11 Å². The number of methoxy groups -OCH3 is 2. The second kappa shape index (κ2) is 10.4. The van der Waals surface area contributed by atoms with Gasteiger partial charge in [-0.25, -0.2) is 0 Å². The highest BCUT2D eigenvalue weighted by Crippen LogP contribution is 2.30. The highest BCUT2D eigenvalue weighted by atomic mass is 35.5. The molecule has 158 valence electrons. The van der Waals surface area contributed by atoms with Crippen molar-refractivity contribution in [2.45, 2.75) is 11.8 Å². The second-order valence-electron chi connectivity index (χ2n) is 5.73. The van der Waals surface area contributed by atoms with Crippen molar-refractivity contribution in [1.29, 1.82) is 0 Å². The molecule has 0 saturated carbocycles. The molecule has 1 N–H and O–H groups in total. The van der Waals surface area contributed by atoms with Crippen LogP contribution in [-0.4, -0.2) is 36.1 Å². The van der Waals surface area contributed by atoms with Crippen molar-refractivity contribution in [3.63, 3.8) is 0 Å². The van der Waals surface area contributed by atoms with Crippen molar-refractivity contribution in [3.8, 4) is 17.2 Å². The Kier molecular flexibility index (Phi) is 7.67. The van der Waals surface area contributed by atoms with Gasteiger partial charge in [0, 0.05) is 11.1 Å². The quantitative estimate of drug-likeness (QED) is 0.450. The third kappa shape index (κ3) is 5.94. The van der Waals surface area contributed by atoms with E-state index >= 15 is 0 Å². The first kappa shape index (κ1) is 22.1. The summed E-state index contributed by atoms with van der Waals surface area (Å²) in [5.41, 5.74) is 0.502. The summed E-state index contributed by atoms with van der Waals surface area (Å²) < 4.78 is 21.4. The zero-order chi connectivity index (χ0) is 21.5. The van der Waals surface area contributed by atoms with E-state index in [2.05, 4.69) is 15.5 Å². The van der Waals surface area contributed by atoms with Gasteiger partial charge in [0.25, 0.3) is 11.1 Å².